The fourth-order valence-corrected chi connectivity index (χ4v) is 3.34. The zero-order chi connectivity index (χ0) is 20.0. The molecule has 0 aliphatic heterocycles. The van der Waals surface area contributed by atoms with Gasteiger partial charge in [0, 0.05) is 19.2 Å². The summed E-state index contributed by atoms with van der Waals surface area (Å²) in [6.45, 7) is 0.374. The van der Waals surface area contributed by atoms with E-state index in [9.17, 15) is 22.7 Å². The van der Waals surface area contributed by atoms with Crippen LogP contribution in [-0.4, -0.2) is 46.9 Å². The van der Waals surface area contributed by atoms with E-state index in [2.05, 4.69) is 4.72 Å². The summed E-state index contributed by atoms with van der Waals surface area (Å²) in [6.07, 6.45) is 0. The Morgan fingerprint density at radius 1 is 1.15 bits per heavy atom. The number of carboxylic acid groups (broad SMARTS) is 1. The molecule has 0 spiro atoms. The number of halogens is 1. The van der Waals surface area contributed by atoms with Crippen LogP contribution < -0.4 is 14.2 Å². The quantitative estimate of drug-likeness (QED) is 0.623. The van der Waals surface area contributed by atoms with Crippen molar-refractivity contribution in [3.63, 3.8) is 0 Å². The standard InChI is InChI=1S/C17H18FNO7S/c1-24-7-8-26-15-10-13(11(17(20)21)9-14(15)25-2)19-27(22,23)16-6-4-3-5-12(16)18/h3-6,9-10,19H,7-8H2,1-2H3,(H,20,21). The first-order chi connectivity index (χ1) is 12.8. The Hall–Kier alpha value is -2.85. The number of carboxylic acids is 1. The van der Waals surface area contributed by atoms with E-state index >= 15 is 0 Å². The van der Waals surface area contributed by atoms with Crippen molar-refractivity contribution in [2.75, 3.05) is 32.2 Å². The molecule has 10 heteroatoms. The van der Waals surface area contributed by atoms with Crippen LogP contribution in [0.15, 0.2) is 41.3 Å². The van der Waals surface area contributed by atoms with Gasteiger partial charge in [0.05, 0.1) is 25.0 Å². The van der Waals surface area contributed by atoms with Gasteiger partial charge in [0.25, 0.3) is 10.0 Å². The molecule has 2 aromatic carbocycles. The number of benzene rings is 2. The van der Waals surface area contributed by atoms with Gasteiger partial charge < -0.3 is 19.3 Å². The maximum atomic E-state index is 13.9. The third kappa shape index (κ3) is 4.86. The number of anilines is 1. The van der Waals surface area contributed by atoms with E-state index in [1.54, 1.807) is 0 Å². The van der Waals surface area contributed by atoms with Crippen molar-refractivity contribution in [1.82, 2.24) is 0 Å². The maximum absolute atomic E-state index is 13.9. The number of aromatic carboxylic acids is 1. The van der Waals surface area contributed by atoms with Crippen LogP contribution in [-0.2, 0) is 14.8 Å². The minimum Gasteiger partial charge on any atom is -0.493 e. The highest BCUT2D eigenvalue weighted by molar-refractivity contribution is 7.92. The number of methoxy groups -OCH3 is 2. The molecule has 0 radical (unpaired) electrons. The smallest absolute Gasteiger partial charge is 0.337 e. The molecule has 2 aromatic rings. The topological polar surface area (TPSA) is 111 Å². The molecular formula is C17H18FNO7S. The highest BCUT2D eigenvalue weighted by Crippen LogP contribution is 2.35. The lowest BCUT2D eigenvalue weighted by molar-refractivity contribution is 0.0697. The maximum Gasteiger partial charge on any atom is 0.337 e. The lowest BCUT2D eigenvalue weighted by atomic mass is 10.1. The predicted octanol–water partition coefficient (Wildman–Crippen LogP) is 2.36. The molecule has 0 amide bonds. The lowest BCUT2D eigenvalue weighted by Crippen LogP contribution is -2.17. The van der Waals surface area contributed by atoms with Gasteiger partial charge in [0.15, 0.2) is 11.5 Å². The SMILES string of the molecule is COCCOc1cc(NS(=O)(=O)c2ccccc2F)c(C(=O)O)cc1OC. The van der Waals surface area contributed by atoms with Gasteiger partial charge in [0.2, 0.25) is 0 Å². The number of rotatable bonds is 9. The van der Waals surface area contributed by atoms with Crippen LogP contribution in [0, 0.1) is 5.82 Å². The Bertz CT molecular complexity index is 931. The second kappa shape index (κ2) is 8.69. The summed E-state index contributed by atoms with van der Waals surface area (Å²) >= 11 is 0. The van der Waals surface area contributed by atoms with Gasteiger partial charge in [-0.05, 0) is 12.1 Å². The van der Waals surface area contributed by atoms with Crippen LogP contribution in [0.3, 0.4) is 0 Å². The monoisotopic (exact) mass is 399 g/mol. The van der Waals surface area contributed by atoms with Crippen LogP contribution >= 0.6 is 0 Å². The Morgan fingerprint density at radius 2 is 1.85 bits per heavy atom. The average molecular weight is 399 g/mol. The summed E-state index contributed by atoms with van der Waals surface area (Å²) in [6, 6.07) is 7.02. The minimum absolute atomic E-state index is 0.0948. The molecule has 2 rings (SSSR count). The molecule has 146 valence electrons. The van der Waals surface area contributed by atoms with Crippen LogP contribution in [0.25, 0.3) is 0 Å². The molecule has 0 saturated carbocycles. The first-order valence-electron chi connectivity index (χ1n) is 7.64. The third-order valence-corrected chi connectivity index (χ3v) is 4.85. The van der Waals surface area contributed by atoms with Gasteiger partial charge in [-0.15, -0.1) is 0 Å². The van der Waals surface area contributed by atoms with E-state index < -0.39 is 26.7 Å². The fourth-order valence-electron chi connectivity index (χ4n) is 2.19. The Morgan fingerprint density at radius 3 is 2.44 bits per heavy atom. The lowest BCUT2D eigenvalue weighted by Gasteiger charge is -2.16. The average Bonchev–Trinajstić information content (AvgIpc) is 2.61. The zero-order valence-corrected chi connectivity index (χ0v) is 15.4. The number of carbonyl (C=O) groups is 1. The van der Waals surface area contributed by atoms with Crippen molar-refractivity contribution in [2.24, 2.45) is 0 Å². The summed E-state index contributed by atoms with van der Waals surface area (Å²) in [5.74, 6) is -2.17. The minimum atomic E-state index is -4.37. The van der Waals surface area contributed by atoms with Crippen molar-refractivity contribution in [3.8, 4) is 11.5 Å². The van der Waals surface area contributed by atoms with Crippen LogP contribution in [0.2, 0.25) is 0 Å². The van der Waals surface area contributed by atoms with Gasteiger partial charge in [-0.3, -0.25) is 4.72 Å². The van der Waals surface area contributed by atoms with Gasteiger partial charge in [0.1, 0.15) is 17.3 Å². The number of hydrogen-bond donors (Lipinski definition) is 2. The second-order valence-corrected chi connectivity index (χ2v) is 6.88. The van der Waals surface area contributed by atoms with Crippen molar-refractivity contribution in [2.45, 2.75) is 4.90 Å². The number of ether oxygens (including phenoxy) is 3. The van der Waals surface area contributed by atoms with Crippen molar-refractivity contribution in [3.05, 3.63) is 47.8 Å². The Labute approximate surface area is 155 Å². The summed E-state index contributed by atoms with van der Waals surface area (Å²) in [5.41, 5.74) is -0.676. The molecule has 0 aliphatic rings. The van der Waals surface area contributed by atoms with E-state index in [4.69, 9.17) is 14.2 Å². The summed E-state index contributed by atoms with van der Waals surface area (Å²) < 4.78 is 56.3. The van der Waals surface area contributed by atoms with Crippen molar-refractivity contribution in [1.29, 1.82) is 0 Å². The molecule has 27 heavy (non-hydrogen) atoms. The molecule has 2 N–H and O–H groups in total. The van der Waals surface area contributed by atoms with Gasteiger partial charge in [-0.1, -0.05) is 12.1 Å². The van der Waals surface area contributed by atoms with E-state index in [1.165, 1.54) is 26.4 Å². The van der Waals surface area contributed by atoms with E-state index in [1.807, 2.05) is 0 Å². The fraction of sp³-hybridized carbons (Fsp3) is 0.235. The Balaban J connectivity index is 2.48. The molecule has 0 fully saturated rings. The highest BCUT2D eigenvalue weighted by atomic mass is 32.2. The number of sulfonamides is 1. The zero-order valence-electron chi connectivity index (χ0n) is 14.6. The Kier molecular flexibility index (Phi) is 6.59. The number of hydrogen-bond acceptors (Lipinski definition) is 6. The van der Waals surface area contributed by atoms with Gasteiger partial charge >= 0.3 is 5.97 Å². The summed E-state index contributed by atoms with van der Waals surface area (Å²) in [7, 11) is -1.58. The van der Waals surface area contributed by atoms with Gasteiger partial charge in [-0.25, -0.2) is 17.6 Å². The molecular weight excluding hydrogens is 381 g/mol. The molecule has 0 aliphatic carbocycles. The first-order valence-corrected chi connectivity index (χ1v) is 9.13. The molecule has 0 saturated heterocycles. The summed E-state index contributed by atoms with van der Waals surface area (Å²) in [5, 5.41) is 9.39. The van der Waals surface area contributed by atoms with E-state index in [0.29, 0.717) is 0 Å². The highest BCUT2D eigenvalue weighted by Gasteiger charge is 2.24. The molecule has 0 atom stereocenters. The van der Waals surface area contributed by atoms with Crippen LogP contribution in [0.1, 0.15) is 10.4 Å². The normalized spacial score (nSPS) is 11.1. The third-order valence-electron chi connectivity index (χ3n) is 3.45. The van der Waals surface area contributed by atoms with E-state index in [-0.39, 0.29) is 36.0 Å². The first kappa shape index (κ1) is 20.5. The predicted molar refractivity (Wildman–Crippen MR) is 94.5 cm³/mol. The molecule has 0 aromatic heterocycles. The van der Waals surface area contributed by atoms with Crippen LogP contribution in [0.5, 0.6) is 11.5 Å². The van der Waals surface area contributed by atoms with Crippen molar-refractivity contribution < 1.29 is 36.9 Å². The molecule has 0 unspecified atom stereocenters. The van der Waals surface area contributed by atoms with Crippen molar-refractivity contribution >= 4 is 21.7 Å². The van der Waals surface area contributed by atoms with Gasteiger partial charge in [-0.2, -0.15) is 0 Å². The van der Waals surface area contributed by atoms with Crippen LogP contribution in [0.4, 0.5) is 10.1 Å². The summed E-state index contributed by atoms with van der Waals surface area (Å²) in [4.78, 5) is 10.9. The number of nitrogens with one attached hydrogen (secondary N) is 1. The molecule has 0 heterocycles. The largest absolute Gasteiger partial charge is 0.493 e. The molecule has 0 bridgehead atoms. The molecule has 8 nitrogen and oxygen atoms in total. The second-order valence-electron chi connectivity index (χ2n) is 5.23. The van der Waals surface area contributed by atoms with E-state index in [0.717, 1.165) is 24.3 Å².